The van der Waals surface area contributed by atoms with E-state index >= 15 is 0 Å². The molecule has 11 heavy (non-hydrogen) atoms. The highest BCUT2D eigenvalue weighted by atomic mass is 14.9. The summed E-state index contributed by atoms with van der Waals surface area (Å²) in [4.78, 5) is 11.0. The second-order valence-corrected chi connectivity index (χ2v) is 2.30. The second kappa shape index (κ2) is 2.32. The van der Waals surface area contributed by atoms with Crippen LogP contribution in [0.25, 0.3) is 11.0 Å². The van der Waals surface area contributed by atoms with Gasteiger partial charge in [-0.05, 0) is 0 Å². The van der Waals surface area contributed by atoms with Crippen LogP contribution in [0.5, 0.6) is 0 Å². The van der Waals surface area contributed by atoms with Gasteiger partial charge in [-0.2, -0.15) is 0 Å². The highest BCUT2D eigenvalue weighted by molar-refractivity contribution is 5.77. The van der Waals surface area contributed by atoms with Crippen LogP contribution in [0.4, 0.5) is 0 Å². The fourth-order valence-corrected chi connectivity index (χ4v) is 1.08. The van der Waals surface area contributed by atoms with Crippen LogP contribution >= 0.6 is 0 Å². The van der Waals surface area contributed by atoms with E-state index in [0.717, 1.165) is 16.6 Å². The number of nitrogens with one attached hydrogen (secondary N) is 1. The molecule has 0 fully saturated rings. The Morgan fingerprint density at radius 1 is 1.55 bits per heavy atom. The van der Waals surface area contributed by atoms with Crippen molar-refractivity contribution in [2.75, 3.05) is 0 Å². The minimum atomic E-state index is 0.511. The van der Waals surface area contributed by atoms with Gasteiger partial charge in [-0.1, -0.05) is 0 Å². The first-order valence-electron chi connectivity index (χ1n) is 3.38. The van der Waals surface area contributed by atoms with E-state index in [2.05, 4.69) is 15.0 Å². The van der Waals surface area contributed by atoms with E-state index < -0.39 is 0 Å². The van der Waals surface area contributed by atoms with E-state index in [-0.39, 0.29) is 0 Å². The molecule has 0 unspecified atom stereocenters. The molecule has 0 bridgehead atoms. The van der Waals surface area contributed by atoms with Gasteiger partial charge in [0.05, 0.1) is 17.2 Å². The van der Waals surface area contributed by atoms with Gasteiger partial charge < -0.3 is 10.7 Å². The van der Waals surface area contributed by atoms with Crippen LogP contribution < -0.4 is 5.73 Å². The smallest absolute Gasteiger partial charge is 0.116 e. The van der Waals surface area contributed by atoms with Crippen molar-refractivity contribution in [3.8, 4) is 0 Å². The molecular weight excluding hydrogens is 140 g/mol. The number of fused-ring (bicyclic) bond motifs is 1. The third-order valence-corrected chi connectivity index (χ3v) is 1.64. The summed E-state index contributed by atoms with van der Waals surface area (Å²) in [7, 11) is 0. The highest BCUT2D eigenvalue weighted by Gasteiger charge is 2.00. The molecule has 0 atom stereocenters. The fraction of sp³-hybridized carbons (Fsp3) is 0.143. The van der Waals surface area contributed by atoms with Crippen LogP contribution in [-0.2, 0) is 6.54 Å². The van der Waals surface area contributed by atoms with Gasteiger partial charge >= 0.3 is 0 Å². The van der Waals surface area contributed by atoms with Crippen molar-refractivity contribution >= 4 is 11.0 Å². The molecule has 56 valence electrons. The van der Waals surface area contributed by atoms with Crippen molar-refractivity contribution in [3.05, 3.63) is 24.3 Å². The van der Waals surface area contributed by atoms with Crippen molar-refractivity contribution in [1.29, 1.82) is 0 Å². The van der Waals surface area contributed by atoms with Crippen LogP contribution in [0.15, 0.2) is 18.7 Å². The maximum atomic E-state index is 5.48. The summed E-state index contributed by atoms with van der Waals surface area (Å²) in [5.41, 5.74) is 8.37. The average molecular weight is 148 g/mol. The predicted molar refractivity (Wildman–Crippen MR) is 41.8 cm³/mol. The molecule has 0 spiro atoms. The van der Waals surface area contributed by atoms with Crippen LogP contribution in [0.3, 0.4) is 0 Å². The van der Waals surface area contributed by atoms with Crippen molar-refractivity contribution in [1.82, 2.24) is 15.0 Å². The van der Waals surface area contributed by atoms with E-state index in [9.17, 15) is 0 Å². The molecule has 0 aromatic carbocycles. The molecule has 0 aliphatic heterocycles. The number of nitrogens with two attached hydrogens (primary N) is 1. The van der Waals surface area contributed by atoms with E-state index in [1.807, 2.05) is 6.20 Å². The number of aromatic nitrogens is 3. The lowest BCUT2D eigenvalue weighted by molar-refractivity contribution is 1.07. The molecule has 2 aromatic heterocycles. The summed E-state index contributed by atoms with van der Waals surface area (Å²) in [6.07, 6.45) is 5.12. The summed E-state index contributed by atoms with van der Waals surface area (Å²) in [5, 5.41) is 0. The van der Waals surface area contributed by atoms with Gasteiger partial charge in [0.15, 0.2) is 0 Å². The molecule has 2 heterocycles. The largest absolute Gasteiger partial charge is 0.358 e. The van der Waals surface area contributed by atoms with Gasteiger partial charge in [0.25, 0.3) is 0 Å². The number of hydrogen-bond acceptors (Lipinski definition) is 3. The first kappa shape index (κ1) is 6.30. The fourth-order valence-electron chi connectivity index (χ4n) is 1.08. The summed E-state index contributed by atoms with van der Waals surface area (Å²) in [5.74, 6) is 0. The Hall–Kier alpha value is -1.42. The maximum absolute atomic E-state index is 5.48. The Labute approximate surface area is 63.5 Å². The Morgan fingerprint density at radius 3 is 3.27 bits per heavy atom. The molecule has 0 aliphatic rings. The molecule has 0 amide bonds. The number of hydrogen-bond donors (Lipinski definition) is 2. The summed E-state index contributed by atoms with van der Waals surface area (Å²) in [6, 6.07) is 0. The number of H-pyrrole nitrogens is 1. The monoisotopic (exact) mass is 148 g/mol. The van der Waals surface area contributed by atoms with E-state index in [1.54, 1.807) is 6.20 Å². The number of rotatable bonds is 1. The normalized spacial score (nSPS) is 10.6. The van der Waals surface area contributed by atoms with Gasteiger partial charge in [-0.25, -0.2) is 9.97 Å². The predicted octanol–water partition coefficient (Wildman–Crippen LogP) is 0.417. The highest BCUT2D eigenvalue weighted by Crippen LogP contribution is 2.12. The van der Waals surface area contributed by atoms with Crippen molar-refractivity contribution in [2.45, 2.75) is 6.54 Å². The molecule has 2 rings (SSSR count). The Morgan fingerprint density at radius 2 is 2.45 bits per heavy atom. The minimum Gasteiger partial charge on any atom is -0.358 e. The summed E-state index contributed by atoms with van der Waals surface area (Å²) < 4.78 is 0. The molecule has 3 N–H and O–H groups in total. The van der Waals surface area contributed by atoms with Crippen LogP contribution in [-0.4, -0.2) is 15.0 Å². The Balaban J connectivity index is 2.76. The van der Waals surface area contributed by atoms with Crippen LogP contribution in [0.2, 0.25) is 0 Å². The first-order valence-corrected chi connectivity index (χ1v) is 3.38. The van der Waals surface area contributed by atoms with Crippen LogP contribution in [0, 0.1) is 0 Å². The van der Waals surface area contributed by atoms with E-state index in [0.29, 0.717) is 6.54 Å². The molecule has 0 saturated carbocycles. The van der Waals surface area contributed by atoms with Crippen molar-refractivity contribution < 1.29 is 0 Å². The lowest BCUT2D eigenvalue weighted by Gasteiger charge is -1.89. The molecule has 4 nitrogen and oxygen atoms in total. The number of nitrogens with zero attached hydrogens (tertiary/aromatic N) is 2. The third kappa shape index (κ3) is 0.877. The van der Waals surface area contributed by atoms with Crippen LogP contribution in [0.1, 0.15) is 5.56 Å². The Bertz CT molecular complexity index is 365. The SMILES string of the molecule is NCc1c[nH]c2cncnc12. The van der Waals surface area contributed by atoms with E-state index in [4.69, 9.17) is 5.73 Å². The van der Waals surface area contributed by atoms with Gasteiger partial charge in [0.1, 0.15) is 6.33 Å². The molecule has 4 heteroatoms. The zero-order valence-electron chi connectivity index (χ0n) is 5.91. The standard InChI is InChI=1S/C7H8N4/c8-1-5-2-10-6-3-9-4-11-7(5)6/h2-4,10H,1,8H2. The molecule has 0 saturated heterocycles. The van der Waals surface area contributed by atoms with E-state index in [1.165, 1.54) is 6.33 Å². The minimum absolute atomic E-state index is 0.511. The average Bonchev–Trinajstić information content (AvgIpc) is 2.47. The zero-order chi connectivity index (χ0) is 7.68. The lowest BCUT2D eigenvalue weighted by Crippen LogP contribution is -1.94. The second-order valence-electron chi connectivity index (χ2n) is 2.30. The van der Waals surface area contributed by atoms with Crippen molar-refractivity contribution in [3.63, 3.8) is 0 Å². The van der Waals surface area contributed by atoms with Gasteiger partial charge in [0.2, 0.25) is 0 Å². The molecular formula is C7H8N4. The summed E-state index contributed by atoms with van der Waals surface area (Å²) in [6.45, 7) is 0.511. The van der Waals surface area contributed by atoms with Crippen molar-refractivity contribution in [2.24, 2.45) is 5.73 Å². The van der Waals surface area contributed by atoms with Gasteiger partial charge in [-0.3, -0.25) is 0 Å². The quantitative estimate of drug-likeness (QED) is 0.615. The number of aromatic amines is 1. The lowest BCUT2D eigenvalue weighted by atomic mass is 10.3. The summed E-state index contributed by atoms with van der Waals surface area (Å²) >= 11 is 0. The van der Waals surface area contributed by atoms with Gasteiger partial charge in [0, 0.05) is 18.3 Å². The maximum Gasteiger partial charge on any atom is 0.116 e. The molecule has 0 radical (unpaired) electrons. The first-order chi connectivity index (χ1) is 5.42. The molecule has 2 aromatic rings. The zero-order valence-corrected chi connectivity index (χ0v) is 5.91. The van der Waals surface area contributed by atoms with Gasteiger partial charge in [-0.15, -0.1) is 0 Å². The third-order valence-electron chi connectivity index (χ3n) is 1.64. The molecule has 0 aliphatic carbocycles. The topological polar surface area (TPSA) is 67.6 Å². The Kier molecular flexibility index (Phi) is 1.33.